The summed E-state index contributed by atoms with van der Waals surface area (Å²) < 4.78 is 37.8. The summed E-state index contributed by atoms with van der Waals surface area (Å²) in [6.07, 6.45) is 0. The van der Waals surface area contributed by atoms with Crippen molar-refractivity contribution in [2.75, 3.05) is 0 Å². The lowest BCUT2D eigenvalue weighted by atomic mass is 9.97. The summed E-state index contributed by atoms with van der Waals surface area (Å²) in [6.45, 7) is 0. The van der Waals surface area contributed by atoms with Gasteiger partial charge in [0.2, 0.25) is 0 Å². The van der Waals surface area contributed by atoms with Crippen LogP contribution in [0.4, 0.5) is 0 Å². The van der Waals surface area contributed by atoms with Crippen LogP contribution in [-0.2, 0) is 0 Å². The first-order chi connectivity index (χ1) is 28.9. The lowest BCUT2D eigenvalue weighted by Crippen LogP contribution is -2.00. The molecule has 0 spiro atoms. The van der Waals surface area contributed by atoms with Crippen LogP contribution in [0, 0.1) is 0 Å². The maximum Gasteiger partial charge on any atom is 0.164 e. The highest BCUT2D eigenvalue weighted by molar-refractivity contribution is 6.15. The summed E-state index contributed by atoms with van der Waals surface area (Å²) in [5.41, 5.74) is 10.5. The molecule has 0 aliphatic carbocycles. The van der Waals surface area contributed by atoms with Crippen LogP contribution in [0.15, 0.2) is 206 Å². The first-order valence-electron chi connectivity index (χ1n) is 20.2. The van der Waals surface area contributed by atoms with Crippen molar-refractivity contribution >= 4 is 21.8 Å². The van der Waals surface area contributed by atoms with Crippen molar-refractivity contribution < 1.29 is 5.48 Å². The molecule has 0 fully saturated rings. The second-order valence-electron chi connectivity index (χ2n) is 13.4. The van der Waals surface area contributed by atoms with Crippen molar-refractivity contribution in [3.8, 4) is 73.2 Å². The lowest BCUT2D eigenvalue weighted by molar-refractivity contribution is 1.07. The summed E-state index contributed by atoms with van der Waals surface area (Å²) in [5.74, 6) is 1.73. The molecule has 0 N–H and O–H groups in total. The molecule has 2 aromatic heterocycles. The van der Waals surface area contributed by atoms with Crippen LogP contribution >= 0.6 is 0 Å². The Hall–Kier alpha value is -7.43. The van der Waals surface area contributed by atoms with Gasteiger partial charge in [0.15, 0.2) is 17.5 Å². The van der Waals surface area contributed by atoms with Gasteiger partial charge in [-0.1, -0.05) is 176 Å². The summed E-state index contributed by atoms with van der Waals surface area (Å²) in [4.78, 5) is 14.8. The second-order valence-corrected chi connectivity index (χ2v) is 13.4. The van der Waals surface area contributed by atoms with E-state index in [1.54, 1.807) is 0 Å². The second kappa shape index (κ2) is 13.8. The molecule has 0 saturated carbocycles. The summed E-state index contributed by atoms with van der Waals surface area (Å²) in [6, 6.07) is 59.9. The zero-order chi connectivity index (χ0) is 40.0. The average Bonchev–Trinajstić information content (AvgIpc) is 3.67. The molecule has 8 aromatic carbocycles. The van der Waals surface area contributed by atoms with E-state index in [0.717, 1.165) is 66.7 Å². The van der Waals surface area contributed by atoms with E-state index in [9.17, 15) is 2.74 Å². The third-order valence-electron chi connectivity index (χ3n) is 9.99. The largest absolute Gasteiger partial charge is 0.309 e. The molecule has 0 radical (unpaired) electrons. The molecule has 258 valence electrons. The van der Waals surface area contributed by atoms with E-state index in [1.165, 1.54) is 0 Å². The van der Waals surface area contributed by atoms with Gasteiger partial charge in [-0.25, -0.2) is 15.0 Å². The number of nitrogens with zero attached hydrogens (tertiary/aromatic N) is 4. The quantitative estimate of drug-likeness (QED) is 0.166. The number of rotatable bonds is 7. The van der Waals surface area contributed by atoms with Crippen molar-refractivity contribution in [1.29, 1.82) is 0 Å². The molecule has 0 atom stereocenters. The normalized spacial score (nSPS) is 12.3. The van der Waals surface area contributed by atoms with Gasteiger partial charge in [-0.15, -0.1) is 0 Å². The van der Waals surface area contributed by atoms with E-state index in [-0.39, 0.29) is 24.2 Å². The van der Waals surface area contributed by atoms with Gasteiger partial charge in [0, 0.05) is 33.2 Å². The number of benzene rings is 8. The molecule has 4 nitrogen and oxygen atoms in total. The maximum atomic E-state index is 9.22. The number of hydrogen-bond acceptors (Lipinski definition) is 3. The van der Waals surface area contributed by atoms with Gasteiger partial charge in [0.25, 0.3) is 0 Å². The van der Waals surface area contributed by atoms with Crippen LogP contribution in [-0.4, -0.2) is 19.5 Å². The predicted octanol–water partition coefficient (Wildman–Crippen LogP) is 13.0. The monoisotopic (exact) mass is 706 g/mol. The molecule has 0 bridgehead atoms. The molecule has 4 heteroatoms. The molecule has 0 unspecified atom stereocenters. The smallest absolute Gasteiger partial charge is 0.164 e. The van der Waals surface area contributed by atoms with Crippen LogP contribution in [0.1, 0.15) is 5.48 Å². The molecule has 0 aliphatic rings. The van der Waals surface area contributed by atoms with Gasteiger partial charge in [0.1, 0.15) is 0 Å². The zero-order valence-electron chi connectivity index (χ0n) is 33.6. The van der Waals surface area contributed by atoms with Crippen molar-refractivity contribution in [3.63, 3.8) is 0 Å². The van der Waals surface area contributed by atoms with Crippen molar-refractivity contribution in [2.24, 2.45) is 0 Å². The maximum absolute atomic E-state index is 9.22. The highest BCUT2D eigenvalue weighted by Gasteiger charge is 2.17. The molecule has 0 saturated heterocycles. The summed E-state index contributed by atoms with van der Waals surface area (Å²) in [5, 5.41) is 1.26. The molecule has 55 heavy (non-hydrogen) atoms. The minimum absolute atomic E-state index is 0.0657. The van der Waals surface area contributed by atoms with Crippen molar-refractivity contribution in [2.45, 2.75) is 0 Å². The van der Waals surface area contributed by atoms with Crippen LogP contribution in [0.3, 0.4) is 0 Å². The van der Waals surface area contributed by atoms with Crippen LogP contribution in [0.2, 0.25) is 0 Å². The Kier molecular flexibility index (Phi) is 7.08. The standard InChI is InChI=1S/C51H34N4/c1-4-15-35(16-5-1)36-29-31-37(32-30-36)44-26-14-28-47-48(44)45-25-10-11-27-46(45)55(47)43-24-13-22-41(34-43)40-21-12-23-42(33-40)51-53-49(38-17-6-2-7-18-38)52-50(54-51)39-19-8-3-9-20-39/h1-34H/i10D,11D,25D,27D. The Morgan fingerprint density at radius 3 is 1.53 bits per heavy atom. The van der Waals surface area contributed by atoms with Crippen molar-refractivity contribution in [1.82, 2.24) is 19.5 Å². The fourth-order valence-electron chi connectivity index (χ4n) is 7.35. The number of para-hydroxylation sites is 1. The predicted molar refractivity (Wildman–Crippen MR) is 227 cm³/mol. The van der Waals surface area contributed by atoms with Crippen molar-refractivity contribution in [3.05, 3.63) is 206 Å². The Labute approximate surface area is 325 Å². The molecular weight excluding hydrogens is 669 g/mol. The van der Waals surface area contributed by atoms with Gasteiger partial charge < -0.3 is 4.57 Å². The highest BCUT2D eigenvalue weighted by Crippen LogP contribution is 2.40. The lowest BCUT2D eigenvalue weighted by Gasteiger charge is -2.12. The van der Waals surface area contributed by atoms with Crippen LogP contribution in [0.5, 0.6) is 0 Å². The Morgan fingerprint density at radius 2 is 0.855 bits per heavy atom. The highest BCUT2D eigenvalue weighted by atomic mass is 15.0. The third kappa shape index (κ3) is 6.06. The van der Waals surface area contributed by atoms with E-state index >= 15 is 0 Å². The fraction of sp³-hybridized carbons (Fsp3) is 0. The minimum Gasteiger partial charge on any atom is -0.309 e. The Balaban J connectivity index is 1.12. The number of aromatic nitrogens is 4. The van der Waals surface area contributed by atoms with E-state index in [0.29, 0.717) is 28.4 Å². The zero-order valence-corrected chi connectivity index (χ0v) is 29.6. The van der Waals surface area contributed by atoms with Crippen LogP contribution in [0.25, 0.3) is 95.0 Å². The summed E-state index contributed by atoms with van der Waals surface area (Å²) >= 11 is 0. The van der Waals surface area contributed by atoms with Gasteiger partial charge in [-0.2, -0.15) is 0 Å². The molecule has 0 amide bonds. The molecule has 0 aliphatic heterocycles. The Bertz CT molecular complexity index is 3130. The van der Waals surface area contributed by atoms with E-state index in [4.69, 9.17) is 17.7 Å². The number of hydrogen-bond donors (Lipinski definition) is 0. The van der Waals surface area contributed by atoms with Crippen LogP contribution < -0.4 is 0 Å². The molecule has 10 rings (SSSR count). The summed E-state index contributed by atoms with van der Waals surface area (Å²) in [7, 11) is 0. The minimum atomic E-state index is -0.272. The Morgan fingerprint density at radius 1 is 0.364 bits per heavy atom. The number of fused-ring (bicyclic) bond motifs is 3. The molecular formula is C51H34N4. The van der Waals surface area contributed by atoms with Gasteiger partial charge >= 0.3 is 0 Å². The van der Waals surface area contributed by atoms with Gasteiger partial charge in [-0.3, -0.25) is 0 Å². The topological polar surface area (TPSA) is 43.6 Å². The SMILES string of the molecule is [2H]c1c([2H])c([2H])c2c(c1[2H])c1c(-c3ccc(-c4ccccc4)cc3)cccc1n2-c1cccc(-c2cccc(-c3nc(-c4ccccc4)nc(-c4ccccc4)n3)c2)c1. The molecule has 2 heterocycles. The van der Waals surface area contributed by atoms with E-state index in [2.05, 4.69) is 54.6 Å². The fourth-order valence-corrected chi connectivity index (χ4v) is 7.35. The molecule has 10 aromatic rings. The average molecular weight is 707 g/mol. The first kappa shape index (κ1) is 28.1. The van der Waals surface area contributed by atoms with Gasteiger partial charge in [-0.05, 0) is 63.7 Å². The third-order valence-corrected chi connectivity index (χ3v) is 9.99. The first-order valence-corrected chi connectivity index (χ1v) is 18.2. The van der Waals surface area contributed by atoms with E-state index < -0.39 is 0 Å². The van der Waals surface area contributed by atoms with E-state index in [1.807, 2.05) is 132 Å². The van der Waals surface area contributed by atoms with Gasteiger partial charge in [0.05, 0.1) is 16.5 Å².